The van der Waals surface area contributed by atoms with Gasteiger partial charge in [-0.05, 0) is 25.7 Å². The van der Waals surface area contributed by atoms with Gasteiger partial charge in [-0.25, -0.2) is 0 Å². The molecule has 2 rings (SSSR count). The molecule has 0 aromatic rings. The van der Waals surface area contributed by atoms with E-state index >= 15 is 0 Å². The molecule has 2 aliphatic rings. The van der Waals surface area contributed by atoms with Crippen LogP contribution in [0.1, 0.15) is 32.6 Å². The zero-order valence-electron chi connectivity index (χ0n) is 10.9. The Morgan fingerprint density at radius 2 is 2.17 bits per heavy atom. The summed E-state index contributed by atoms with van der Waals surface area (Å²) in [5, 5.41) is 12.1. The van der Waals surface area contributed by atoms with Gasteiger partial charge < -0.3 is 15.3 Å². The van der Waals surface area contributed by atoms with E-state index in [0.717, 1.165) is 32.2 Å². The number of amides is 2. The molecule has 5 heteroatoms. The van der Waals surface area contributed by atoms with Gasteiger partial charge in [0.15, 0.2) is 0 Å². The van der Waals surface area contributed by atoms with Gasteiger partial charge in [-0.2, -0.15) is 0 Å². The van der Waals surface area contributed by atoms with Crippen LogP contribution in [0.2, 0.25) is 0 Å². The summed E-state index contributed by atoms with van der Waals surface area (Å²) in [6.07, 6.45) is 3.73. The molecule has 0 spiro atoms. The van der Waals surface area contributed by atoms with Crippen molar-refractivity contribution in [2.75, 3.05) is 26.2 Å². The smallest absolute Gasteiger partial charge is 0.224 e. The van der Waals surface area contributed by atoms with Crippen molar-refractivity contribution in [3.8, 4) is 0 Å². The average molecular weight is 254 g/mol. The van der Waals surface area contributed by atoms with E-state index in [-0.39, 0.29) is 29.8 Å². The maximum absolute atomic E-state index is 12.0. The van der Waals surface area contributed by atoms with Gasteiger partial charge in [0.1, 0.15) is 0 Å². The van der Waals surface area contributed by atoms with Crippen molar-refractivity contribution in [1.29, 1.82) is 0 Å². The number of carbonyl (C=O) groups excluding carboxylic acids is 2. The first-order valence-electron chi connectivity index (χ1n) is 6.70. The lowest BCUT2D eigenvalue weighted by molar-refractivity contribution is -0.134. The summed E-state index contributed by atoms with van der Waals surface area (Å²) in [7, 11) is 0. The van der Waals surface area contributed by atoms with Crippen LogP contribution in [0.15, 0.2) is 0 Å². The number of rotatable bonds is 4. The highest BCUT2D eigenvalue weighted by Gasteiger charge is 2.42. The standard InChI is InChI=1S/C13H22N2O3/c1-10(17)15-6-2-3-11(7-15)12(18)14-8-13(9-16)4-5-13/h11,16H,2-9H2,1H3,(H,14,18). The minimum atomic E-state index is -0.0860. The van der Waals surface area contributed by atoms with Gasteiger partial charge in [-0.3, -0.25) is 9.59 Å². The number of hydrogen-bond donors (Lipinski definition) is 2. The number of piperidine rings is 1. The van der Waals surface area contributed by atoms with Crippen molar-refractivity contribution in [3.05, 3.63) is 0 Å². The highest BCUT2D eigenvalue weighted by atomic mass is 16.3. The third kappa shape index (κ3) is 3.02. The molecule has 0 aromatic heterocycles. The highest BCUT2D eigenvalue weighted by molar-refractivity contribution is 5.80. The predicted octanol–water partition coefficient (Wildman–Crippen LogP) is 0.134. The Balaban J connectivity index is 1.79. The van der Waals surface area contributed by atoms with Crippen LogP contribution in [-0.4, -0.2) is 48.1 Å². The van der Waals surface area contributed by atoms with E-state index in [1.807, 2.05) is 0 Å². The van der Waals surface area contributed by atoms with E-state index in [4.69, 9.17) is 0 Å². The molecule has 0 bridgehead atoms. The lowest BCUT2D eigenvalue weighted by Gasteiger charge is -2.31. The summed E-state index contributed by atoms with van der Waals surface area (Å²) in [6, 6.07) is 0. The topological polar surface area (TPSA) is 69.6 Å². The number of carbonyl (C=O) groups is 2. The first kappa shape index (κ1) is 13.3. The Bertz CT molecular complexity index is 339. The quantitative estimate of drug-likeness (QED) is 0.749. The largest absolute Gasteiger partial charge is 0.396 e. The van der Waals surface area contributed by atoms with Crippen LogP contribution < -0.4 is 5.32 Å². The number of aliphatic hydroxyl groups is 1. The second-order valence-electron chi connectivity index (χ2n) is 5.68. The second-order valence-corrected chi connectivity index (χ2v) is 5.68. The SMILES string of the molecule is CC(=O)N1CCCC(C(=O)NCC2(CO)CC2)C1. The van der Waals surface area contributed by atoms with E-state index in [2.05, 4.69) is 5.32 Å². The Labute approximate surface area is 108 Å². The average Bonchev–Trinajstić information content (AvgIpc) is 3.17. The maximum Gasteiger partial charge on any atom is 0.224 e. The number of nitrogens with zero attached hydrogens (tertiary/aromatic N) is 1. The van der Waals surface area contributed by atoms with Gasteiger partial charge >= 0.3 is 0 Å². The van der Waals surface area contributed by atoms with E-state index in [1.165, 1.54) is 0 Å². The van der Waals surface area contributed by atoms with E-state index in [0.29, 0.717) is 13.1 Å². The fourth-order valence-electron chi connectivity index (χ4n) is 2.46. The molecule has 1 saturated carbocycles. The van der Waals surface area contributed by atoms with E-state index in [9.17, 15) is 14.7 Å². The van der Waals surface area contributed by atoms with Crippen molar-refractivity contribution < 1.29 is 14.7 Å². The summed E-state index contributed by atoms with van der Waals surface area (Å²) >= 11 is 0. The molecule has 5 nitrogen and oxygen atoms in total. The first-order valence-corrected chi connectivity index (χ1v) is 6.70. The molecule has 1 heterocycles. The van der Waals surface area contributed by atoms with Gasteiger partial charge in [0.2, 0.25) is 11.8 Å². The molecule has 1 unspecified atom stereocenters. The molecule has 0 radical (unpaired) electrons. The molecule has 2 amide bonds. The number of aliphatic hydroxyl groups excluding tert-OH is 1. The van der Waals surface area contributed by atoms with Crippen LogP contribution in [0.3, 0.4) is 0 Å². The first-order chi connectivity index (χ1) is 8.56. The molecule has 1 saturated heterocycles. The molecule has 2 fully saturated rings. The summed E-state index contributed by atoms with van der Waals surface area (Å²) in [4.78, 5) is 25.1. The van der Waals surface area contributed by atoms with Crippen LogP contribution in [0.25, 0.3) is 0 Å². The number of nitrogens with one attached hydrogen (secondary N) is 1. The monoisotopic (exact) mass is 254 g/mol. The highest BCUT2D eigenvalue weighted by Crippen LogP contribution is 2.44. The summed E-state index contributed by atoms with van der Waals surface area (Å²) in [5.74, 6) is -0.0145. The summed E-state index contributed by atoms with van der Waals surface area (Å²) in [6.45, 7) is 3.56. The fourth-order valence-corrected chi connectivity index (χ4v) is 2.46. The van der Waals surface area contributed by atoms with E-state index < -0.39 is 0 Å². The van der Waals surface area contributed by atoms with Crippen LogP contribution in [-0.2, 0) is 9.59 Å². The second kappa shape index (κ2) is 5.26. The fraction of sp³-hybridized carbons (Fsp3) is 0.846. The minimum Gasteiger partial charge on any atom is -0.396 e. The maximum atomic E-state index is 12.0. The zero-order chi connectivity index (χ0) is 13.2. The predicted molar refractivity (Wildman–Crippen MR) is 66.7 cm³/mol. The van der Waals surface area contributed by atoms with Crippen LogP contribution >= 0.6 is 0 Å². The van der Waals surface area contributed by atoms with Gasteiger partial charge in [-0.1, -0.05) is 0 Å². The Morgan fingerprint density at radius 1 is 1.44 bits per heavy atom. The molecule has 2 N–H and O–H groups in total. The Kier molecular flexibility index (Phi) is 3.90. The van der Waals surface area contributed by atoms with Crippen molar-refractivity contribution in [2.45, 2.75) is 32.6 Å². The van der Waals surface area contributed by atoms with Gasteiger partial charge in [0.05, 0.1) is 12.5 Å². The molecule has 18 heavy (non-hydrogen) atoms. The lowest BCUT2D eigenvalue weighted by atomic mass is 9.96. The van der Waals surface area contributed by atoms with Crippen molar-refractivity contribution in [2.24, 2.45) is 11.3 Å². The number of hydrogen-bond acceptors (Lipinski definition) is 3. The molecule has 0 aromatic carbocycles. The third-order valence-electron chi connectivity index (χ3n) is 4.17. The molecular weight excluding hydrogens is 232 g/mol. The minimum absolute atomic E-state index is 0.0284. The summed E-state index contributed by atoms with van der Waals surface area (Å²) in [5.41, 5.74) is -0.0510. The van der Waals surface area contributed by atoms with Crippen LogP contribution in [0.4, 0.5) is 0 Å². The normalized spacial score (nSPS) is 25.7. The summed E-state index contributed by atoms with van der Waals surface area (Å²) < 4.78 is 0. The molecule has 1 aliphatic heterocycles. The third-order valence-corrected chi connectivity index (χ3v) is 4.17. The van der Waals surface area contributed by atoms with Crippen molar-refractivity contribution in [1.82, 2.24) is 10.2 Å². The molecule has 1 atom stereocenters. The van der Waals surface area contributed by atoms with Gasteiger partial charge in [0.25, 0.3) is 0 Å². The Hall–Kier alpha value is -1.10. The molecular formula is C13H22N2O3. The lowest BCUT2D eigenvalue weighted by Crippen LogP contribution is -2.45. The van der Waals surface area contributed by atoms with Gasteiger partial charge in [0, 0.05) is 32.0 Å². The zero-order valence-corrected chi connectivity index (χ0v) is 10.9. The number of likely N-dealkylation sites (tertiary alicyclic amines) is 1. The molecule has 102 valence electrons. The van der Waals surface area contributed by atoms with Crippen molar-refractivity contribution >= 4 is 11.8 Å². The van der Waals surface area contributed by atoms with Crippen LogP contribution in [0, 0.1) is 11.3 Å². The van der Waals surface area contributed by atoms with Gasteiger partial charge in [-0.15, -0.1) is 0 Å². The van der Waals surface area contributed by atoms with Crippen LogP contribution in [0.5, 0.6) is 0 Å². The molecule has 1 aliphatic carbocycles. The Morgan fingerprint density at radius 3 is 2.72 bits per heavy atom. The van der Waals surface area contributed by atoms with E-state index in [1.54, 1.807) is 11.8 Å². The van der Waals surface area contributed by atoms with Crippen molar-refractivity contribution in [3.63, 3.8) is 0 Å².